The Morgan fingerprint density at radius 3 is 3.00 bits per heavy atom. The Bertz CT molecular complexity index is 583. The zero-order valence-corrected chi connectivity index (χ0v) is 12.0. The van der Waals surface area contributed by atoms with Gasteiger partial charge in [-0.1, -0.05) is 33.8 Å². The van der Waals surface area contributed by atoms with Gasteiger partial charge in [-0.15, -0.1) is 0 Å². The highest BCUT2D eigenvalue weighted by molar-refractivity contribution is 9.10. The Kier molecular flexibility index (Phi) is 4.08. The quantitative estimate of drug-likeness (QED) is 0.877. The molecule has 0 bridgehead atoms. The number of aliphatic carboxylic acids is 1. The third kappa shape index (κ3) is 2.94. The van der Waals surface area contributed by atoms with Gasteiger partial charge in [0.1, 0.15) is 0 Å². The Morgan fingerprint density at radius 1 is 1.56 bits per heavy atom. The molecule has 0 spiro atoms. The van der Waals surface area contributed by atoms with Crippen LogP contribution in [-0.4, -0.2) is 26.4 Å². The monoisotopic (exact) mass is 326 g/mol. The molecule has 0 saturated heterocycles. The van der Waals surface area contributed by atoms with Gasteiger partial charge in [0.2, 0.25) is 0 Å². The van der Waals surface area contributed by atoms with Crippen LogP contribution in [0, 0.1) is 6.92 Å². The zero-order chi connectivity index (χ0) is 13.1. The molecule has 1 aromatic heterocycles. The van der Waals surface area contributed by atoms with E-state index in [-0.39, 0.29) is 5.75 Å². The summed E-state index contributed by atoms with van der Waals surface area (Å²) in [6.07, 6.45) is 3.49. The SMILES string of the molecule is Cc1ccc(-n2ccnc2SCC(=O)O)cc1Br. The molecule has 0 fully saturated rings. The van der Waals surface area contributed by atoms with Crippen molar-refractivity contribution in [2.75, 3.05) is 5.75 Å². The number of thioether (sulfide) groups is 1. The van der Waals surface area contributed by atoms with Gasteiger partial charge < -0.3 is 5.11 Å². The molecule has 18 heavy (non-hydrogen) atoms. The summed E-state index contributed by atoms with van der Waals surface area (Å²) in [6, 6.07) is 5.97. The van der Waals surface area contributed by atoms with Gasteiger partial charge >= 0.3 is 5.97 Å². The lowest BCUT2D eigenvalue weighted by molar-refractivity contribution is -0.133. The third-order valence-corrected chi connectivity index (χ3v) is 4.17. The molecule has 1 aromatic carbocycles. The predicted molar refractivity (Wildman–Crippen MR) is 74.4 cm³/mol. The molecule has 0 unspecified atom stereocenters. The van der Waals surface area contributed by atoms with Crippen molar-refractivity contribution in [2.24, 2.45) is 0 Å². The van der Waals surface area contributed by atoms with Gasteiger partial charge in [-0.2, -0.15) is 0 Å². The van der Waals surface area contributed by atoms with Crippen LogP contribution >= 0.6 is 27.7 Å². The van der Waals surface area contributed by atoms with Crippen molar-refractivity contribution in [2.45, 2.75) is 12.1 Å². The summed E-state index contributed by atoms with van der Waals surface area (Å²) in [7, 11) is 0. The number of hydrogen-bond acceptors (Lipinski definition) is 3. The first kappa shape index (κ1) is 13.2. The maximum absolute atomic E-state index is 10.6. The number of benzene rings is 1. The minimum absolute atomic E-state index is 0.00401. The van der Waals surface area contributed by atoms with Crippen LogP contribution in [0.1, 0.15) is 5.56 Å². The van der Waals surface area contributed by atoms with E-state index in [4.69, 9.17) is 5.11 Å². The summed E-state index contributed by atoms with van der Waals surface area (Å²) >= 11 is 4.69. The van der Waals surface area contributed by atoms with Gasteiger partial charge in [0.25, 0.3) is 0 Å². The zero-order valence-electron chi connectivity index (χ0n) is 9.63. The minimum atomic E-state index is -0.848. The van der Waals surface area contributed by atoms with E-state index in [1.54, 1.807) is 6.20 Å². The van der Waals surface area contributed by atoms with Crippen LogP contribution in [0.15, 0.2) is 40.2 Å². The fraction of sp³-hybridized carbons (Fsp3) is 0.167. The van der Waals surface area contributed by atoms with E-state index in [2.05, 4.69) is 20.9 Å². The van der Waals surface area contributed by atoms with Gasteiger partial charge in [0.15, 0.2) is 5.16 Å². The van der Waals surface area contributed by atoms with Crippen LogP contribution in [0.2, 0.25) is 0 Å². The van der Waals surface area contributed by atoms with E-state index in [1.165, 1.54) is 11.8 Å². The summed E-state index contributed by atoms with van der Waals surface area (Å²) in [6.45, 7) is 2.02. The summed E-state index contributed by atoms with van der Waals surface area (Å²) in [4.78, 5) is 14.7. The van der Waals surface area contributed by atoms with Crippen LogP contribution in [0.25, 0.3) is 5.69 Å². The molecule has 2 rings (SSSR count). The average molecular weight is 327 g/mol. The van der Waals surface area contributed by atoms with Crippen molar-refractivity contribution in [3.8, 4) is 5.69 Å². The Morgan fingerprint density at radius 2 is 2.33 bits per heavy atom. The molecular weight excluding hydrogens is 316 g/mol. The molecule has 0 atom stereocenters. The molecule has 6 heteroatoms. The van der Waals surface area contributed by atoms with Crippen molar-refractivity contribution in [3.63, 3.8) is 0 Å². The first-order chi connectivity index (χ1) is 8.58. The van der Waals surface area contributed by atoms with Crippen LogP contribution in [0.4, 0.5) is 0 Å². The topological polar surface area (TPSA) is 55.1 Å². The number of nitrogens with zero attached hydrogens (tertiary/aromatic N) is 2. The van der Waals surface area contributed by atoms with Crippen molar-refractivity contribution in [3.05, 3.63) is 40.6 Å². The number of carboxylic acids is 1. The first-order valence-corrected chi connectivity index (χ1v) is 7.00. The lowest BCUT2D eigenvalue weighted by atomic mass is 10.2. The minimum Gasteiger partial charge on any atom is -0.481 e. The van der Waals surface area contributed by atoms with E-state index in [1.807, 2.05) is 35.9 Å². The van der Waals surface area contributed by atoms with Crippen molar-refractivity contribution >= 4 is 33.7 Å². The summed E-state index contributed by atoms with van der Waals surface area (Å²) in [5.74, 6) is -0.844. The molecule has 0 aliphatic heterocycles. The predicted octanol–water partition coefficient (Wildman–Crippen LogP) is 3.12. The van der Waals surface area contributed by atoms with Crippen molar-refractivity contribution < 1.29 is 9.90 Å². The van der Waals surface area contributed by atoms with E-state index in [0.29, 0.717) is 5.16 Å². The van der Waals surface area contributed by atoms with Gasteiger partial charge in [0.05, 0.1) is 5.75 Å². The molecule has 0 amide bonds. The number of carbonyl (C=O) groups is 1. The molecule has 2 aromatic rings. The molecule has 0 radical (unpaired) electrons. The fourth-order valence-corrected chi connectivity index (χ4v) is 2.51. The largest absolute Gasteiger partial charge is 0.481 e. The van der Waals surface area contributed by atoms with Crippen molar-refractivity contribution in [1.82, 2.24) is 9.55 Å². The van der Waals surface area contributed by atoms with Crippen LogP contribution < -0.4 is 0 Å². The Labute approximate surface area is 117 Å². The van der Waals surface area contributed by atoms with Crippen molar-refractivity contribution in [1.29, 1.82) is 0 Å². The highest BCUT2D eigenvalue weighted by Crippen LogP contribution is 2.24. The Balaban J connectivity index is 2.30. The van der Waals surface area contributed by atoms with E-state index in [0.717, 1.165) is 15.7 Å². The van der Waals surface area contributed by atoms with E-state index < -0.39 is 5.97 Å². The van der Waals surface area contributed by atoms with Gasteiger partial charge in [0, 0.05) is 22.6 Å². The number of rotatable bonds is 4. The number of carboxylic acid groups (broad SMARTS) is 1. The fourth-order valence-electron chi connectivity index (χ4n) is 1.45. The highest BCUT2D eigenvalue weighted by atomic mass is 79.9. The highest BCUT2D eigenvalue weighted by Gasteiger charge is 2.08. The maximum Gasteiger partial charge on any atom is 0.313 e. The van der Waals surface area contributed by atoms with E-state index >= 15 is 0 Å². The summed E-state index contributed by atoms with van der Waals surface area (Å²) in [5, 5.41) is 9.36. The standard InChI is InChI=1S/C12H11BrN2O2S/c1-8-2-3-9(6-10(8)13)15-5-4-14-12(15)18-7-11(16)17/h2-6H,7H2,1H3,(H,16,17). The molecular formula is C12H11BrN2O2S. The first-order valence-electron chi connectivity index (χ1n) is 5.22. The molecule has 1 heterocycles. The van der Waals surface area contributed by atoms with E-state index in [9.17, 15) is 4.79 Å². The van der Waals surface area contributed by atoms with Gasteiger partial charge in [-0.25, -0.2) is 4.98 Å². The number of aryl methyl sites for hydroxylation is 1. The number of hydrogen-bond donors (Lipinski definition) is 1. The Hall–Kier alpha value is -1.27. The number of imidazole rings is 1. The summed E-state index contributed by atoms with van der Waals surface area (Å²) < 4.78 is 2.89. The van der Waals surface area contributed by atoms with Crippen LogP contribution in [0.5, 0.6) is 0 Å². The van der Waals surface area contributed by atoms with Gasteiger partial charge in [-0.05, 0) is 24.6 Å². The average Bonchev–Trinajstić information content (AvgIpc) is 2.78. The lowest BCUT2D eigenvalue weighted by Crippen LogP contribution is -2.01. The van der Waals surface area contributed by atoms with Gasteiger partial charge in [-0.3, -0.25) is 9.36 Å². The lowest BCUT2D eigenvalue weighted by Gasteiger charge is -2.08. The second-order valence-electron chi connectivity index (χ2n) is 3.70. The molecule has 0 saturated carbocycles. The number of halogens is 1. The van der Waals surface area contributed by atoms with Crippen LogP contribution in [-0.2, 0) is 4.79 Å². The molecule has 0 aliphatic rings. The summed E-state index contributed by atoms with van der Waals surface area (Å²) in [5.41, 5.74) is 2.11. The molecule has 0 aliphatic carbocycles. The third-order valence-electron chi connectivity index (χ3n) is 2.37. The molecule has 4 nitrogen and oxygen atoms in total. The second-order valence-corrected chi connectivity index (χ2v) is 5.49. The normalized spacial score (nSPS) is 10.6. The maximum atomic E-state index is 10.6. The molecule has 94 valence electrons. The molecule has 1 N–H and O–H groups in total. The number of aromatic nitrogens is 2. The van der Waals surface area contributed by atoms with Crippen LogP contribution in [0.3, 0.4) is 0 Å². The second kappa shape index (κ2) is 5.58. The smallest absolute Gasteiger partial charge is 0.313 e.